The van der Waals surface area contributed by atoms with Crippen LogP contribution >= 0.6 is 11.6 Å². The number of fused-ring (bicyclic) bond motifs is 1. The summed E-state index contributed by atoms with van der Waals surface area (Å²) in [5.74, 6) is 0.728. The van der Waals surface area contributed by atoms with Crippen molar-refractivity contribution >= 4 is 23.0 Å². The summed E-state index contributed by atoms with van der Waals surface area (Å²) in [4.78, 5) is 10.6. The maximum absolute atomic E-state index is 11.1. The lowest BCUT2D eigenvalue weighted by Gasteiger charge is -2.21. The zero-order valence-electron chi connectivity index (χ0n) is 11.1. The first kappa shape index (κ1) is 13.7. The molecule has 0 amide bonds. The molecule has 0 aromatic heterocycles. The maximum atomic E-state index is 11.1. The minimum absolute atomic E-state index is 0.0651. The number of benzene rings is 2. The quantitative estimate of drug-likeness (QED) is 0.674. The first-order chi connectivity index (χ1) is 10.2. The zero-order chi connectivity index (χ0) is 14.8. The molecule has 0 fully saturated rings. The van der Waals surface area contributed by atoms with Crippen molar-refractivity contribution in [1.82, 2.24) is 0 Å². The van der Waals surface area contributed by atoms with E-state index in [1.54, 1.807) is 18.2 Å². The van der Waals surface area contributed by atoms with Crippen molar-refractivity contribution in [3.05, 3.63) is 57.1 Å². The number of nitrogens with one attached hydrogen (secondary N) is 1. The average Bonchev–Trinajstić information content (AvgIpc) is 2.47. The first-order valence-electron chi connectivity index (χ1n) is 6.63. The van der Waals surface area contributed by atoms with Gasteiger partial charge in [0.1, 0.15) is 5.02 Å². The molecule has 5 nitrogen and oxygen atoms in total. The minimum Gasteiger partial charge on any atom is -0.448 e. The predicted octanol–water partition coefficient (Wildman–Crippen LogP) is 4.40. The van der Waals surface area contributed by atoms with Crippen molar-refractivity contribution < 1.29 is 9.66 Å². The second-order valence-electron chi connectivity index (χ2n) is 4.77. The molecule has 0 spiro atoms. The molecule has 1 aliphatic heterocycles. The predicted molar refractivity (Wildman–Crippen MR) is 81.4 cm³/mol. The van der Waals surface area contributed by atoms with Crippen molar-refractivity contribution in [3.8, 4) is 11.5 Å². The van der Waals surface area contributed by atoms with Gasteiger partial charge >= 0.3 is 5.69 Å². The van der Waals surface area contributed by atoms with Crippen LogP contribution in [0.5, 0.6) is 11.5 Å². The van der Waals surface area contributed by atoms with Crippen LogP contribution in [0.4, 0.5) is 11.4 Å². The van der Waals surface area contributed by atoms with Crippen molar-refractivity contribution in [2.24, 2.45) is 0 Å². The van der Waals surface area contributed by atoms with Crippen molar-refractivity contribution in [2.75, 3.05) is 11.9 Å². The molecule has 3 rings (SSSR count). The van der Waals surface area contributed by atoms with Crippen LogP contribution in [0.25, 0.3) is 0 Å². The molecule has 1 heterocycles. The van der Waals surface area contributed by atoms with E-state index in [0.717, 1.165) is 30.6 Å². The number of hydrogen-bond donors (Lipinski definition) is 1. The van der Waals surface area contributed by atoms with Crippen molar-refractivity contribution in [2.45, 2.75) is 12.8 Å². The fraction of sp³-hybridized carbons (Fsp3) is 0.200. The van der Waals surface area contributed by atoms with Gasteiger partial charge in [-0.3, -0.25) is 10.1 Å². The summed E-state index contributed by atoms with van der Waals surface area (Å²) in [5.41, 5.74) is 1.84. The molecule has 1 N–H and O–H groups in total. The van der Waals surface area contributed by atoms with Gasteiger partial charge in [0.2, 0.25) is 5.75 Å². The van der Waals surface area contributed by atoms with E-state index in [-0.39, 0.29) is 16.5 Å². The third-order valence-corrected chi connectivity index (χ3v) is 3.69. The van der Waals surface area contributed by atoms with E-state index in [9.17, 15) is 10.1 Å². The number of ether oxygens (including phenoxy) is 1. The second-order valence-corrected chi connectivity index (χ2v) is 5.17. The summed E-state index contributed by atoms with van der Waals surface area (Å²) < 4.78 is 5.76. The Kier molecular flexibility index (Phi) is 3.66. The third kappa shape index (κ3) is 2.64. The number of para-hydroxylation sites is 2. The first-order valence-corrected chi connectivity index (χ1v) is 7.01. The highest BCUT2D eigenvalue weighted by Crippen LogP contribution is 2.40. The average molecular weight is 305 g/mol. The summed E-state index contributed by atoms with van der Waals surface area (Å²) in [6.45, 7) is 0.866. The Morgan fingerprint density at radius 1 is 1.19 bits per heavy atom. The van der Waals surface area contributed by atoms with Crippen molar-refractivity contribution in [3.63, 3.8) is 0 Å². The van der Waals surface area contributed by atoms with E-state index in [0.29, 0.717) is 5.75 Å². The lowest BCUT2D eigenvalue weighted by Crippen LogP contribution is -2.12. The van der Waals surface area contributed by atoms with E-state index in [1.165, 1.54) is 6.07 Å². The molecule has 6 heteroatoms. The van der Waals surface area contributed by atoms with Crippen LogP contribution in [0.1, 0.15) is 12.0 Å². The van der Waals surface area contributed by atoms with Crippen LogP contribution in [-0.4, -0.2) is 11.5 Å². The van der Waals surface area contributed by atoms with Crippen molar-refractivity contribution in [1.29, 1.82) is 0 Å². The van der Waals surface area contributed by atoms with Gasteiger partial charge < -0.3 is 10.1 Å². The summed E-state index contributed by atoms with van der Waals surface area (Å²) >= 11 is 5.90. The van der Waals surface area contributed by atoms with E-state index in [2.05, 4.69) is 5.32 Å². The van der Waals surface area contributed by atoms with Gasteiger partial charge in [0.15, 0.2) is 5.75 Å². The normalized spacial score (nSPS) is 13.2. The van der Waals surface area contributed by atoms with E-state index < -0.39 is 4.92 Å². The van der Waals surface area contributed by atoms with Gasteiger partial charge in [0.25, 0.3) is 0 Å². The third-order valence-electron chi connectivity index (χ3n) is 3.39. The fourth-order valence-electron chi connectivity index (χ4n) is 2.44. The minimum atomic E-state index is -0.527. The Morgan fingerprint density at radius 3 is 2.76 bits per heavy atom. The summed E-state index contributed by atoms with van der Waals surface area (Å²) in [7, 11) is 0. The molecule has 2 aromatic rings. The second kappa shape index (κ2) is 5.61. The molecule has 0 saturated heterocycles. The summed E-state index contributed by atoms with van der Waals surface area (Å²) in [6.07, 6.45) is 2.03. The number of hydrogen-bond acceptors (Lipinski definition) is 4. The summed E-state index contributed by atoms with van der Waals surface area (Å²) in [6, 6.07) is 10.4. The molecule has 0 bridgehead atoms. The summed E-state index contributed by atoms with van der Waals surface area (Å²) in [5, 5.41) is 14.5. The smallest absolute Gasteiger partial charge is 0.329 e. The van der Waals surface area contributed by atoms with E-state index >= 15 is 0 Å². The lowest BCUT2D eigenvalue weighted by atomic mass is 10.0. The highest BCUT2D eigenvalue weighted by molar-refractivity contribution is 6.32. The van der Waals surface area contributed by atoms with Crippen LogP contribution in [0, 0.1) is 10.1 Å². The van der Waals surface area contributed by atoms with Gasteiger partial charge in [0, 0.05) is 6.54 Å². The molecule has 2 aromatic carbocycles. The van der Waals surface area contributed by atoms with Crippen LogP contribution < -0.4 is 10.1 Å². The monoisotopic (exact) mass is 304 g/mol. The molecule has 0 unspecified atom stereocenters. The number of halogens is 1. The SMILES string of the molecule is O=[N+]([O-])c1c(Cl)cccc1Oc1cccc2c1NCCC2. The largest absolute Gasteiger partial charge is 0.448 e. The van der Waals surface area contributed by atoms with Gasteiger partial charge in [-0.15, -0.1) is 0 Å². The highest BCUT2D eigenvalue weighted by atomic mass is 35.5. The number of anilines is 1. The van der Waals surface area contributed by atoms with Gasteiger partial charge in [-0.1, -0.05) is 29.8 Å². The van der Waals surface area contributed by atoms with E-state index in [1.807, 2.05) is 12.1 Å². The molecule has 1 aliphatic rings. The molecule has 0 saturated carbocycles. The number of aryl methyl sites for hydroxylation is 1. The number of nitrogens with zero attached hydrogens (tertiary/aromatic N) is 1. The van der Waals surface area contributed by atoms with Crippen LogP contribution in [0.2, 0.25) is 5.02 Å². The molecule has 0 radical (unpaired) electrons. The molecule has 0 aliphatic carbocycles. The molecule has 21 heavy (non-hydrogen) atoms. The maximum Gasteiger partial charge on any atom is 0.329 e. The van der Waals surface area contributed by atoms with Gasteiger partial charge in [-0.2, -0.15) is 0 Å². The number of nitro groups is 1. The Balaban J connectivity index is 2.02. The van der Waals surface area contributed by atoms with Gasteiger partial charge in [0.05, 0.1) is 10.6 Å². The van der Waals surface area contributed by atoms with Crippen LogP contribution in [0.3, 0.4) is 0 Å². The standard InChI is InChI=1S/C15H13ClN2O3/c16-11-6-2-8-13(15(11)18(19)20)21-12-7-1-4-10-5-3-9-17-14(10)12/h1-2,4,6-8,17H,3,5,9H2. The van der Waals surface area contributed by atoms with Gasteiger partial charge in [-0.25, -0.2) is 0 Å². The Bertz CT molecular complexity index is 703. The van der Waals surface area contributed by atoms with Crippen LogP contribution in [-0.2, 0) is 6.42 Å². The molecule has 108 valence electrons. The Hall–Kier alpha value is -2.27. The number of nitro benzene ring substituents is 1. The molecular weight excluding hydrogens is 292 g/mol. The highest BCUT2D eigenvalue weighted by Gasteiger charge is 2.22. The number of rotatable bonds is 3. The fourth-order valence-corrected chi connectivity index (χ4v) is 2.67. The zero-order valence-corrected chi connectivity index (χ0v) is 11.9. The molecular formula is C15H13ClN2O3. The Labute approximate surface area is 126 Å². The topological polar surface area (TPSA) is 64.4 Å². The Morgan fingerprint density at radius 2 is 1.95 bits per heavy atom. The van der Waals surface area contributed by atoms with E-state index in [4.69, 9.17) is 16.3 Å². The lowest BCUT2D eigenvalue weighted by molar-refractivity contribution is -0.385. The van der Waals surface area contributed by atoms with Crippen LogP contribution in [0.15, 0.2) is 36.4 Å². The van der Waals surface area contributed by atoms with Gasteiger partial charge in [-0.05, 0) is 36.6 Å². The molecule has 0 atom stereocenters.